The van der Waals surface area contributed by atoms with Gasteiger partial charge >= 0.3 is 0 Å². The lowest BCUT2D eigenvalue weighted by Gasteiger charge is -2.27. The van der Waals surface area contributed by atoms with Gasteiger partial charge in [-0.2, -0.15) is 0 Å². The van der Waals surface area contributed by atoms with Crippen LogP contribution in [0.15, 0.2) is 48.5 Å². The summed E-state index contributed by atoms with van der Waals surface area (Å²) < 4.78 is 26.3. The molecular weight excluding hydrogens is 334 g/mol. The molecule has 0 spiro atoms. The number of rotatable bonds is 11. The number of benzene rings is 2. The first-order valence-corrected chi connectivity index (χ1v) is 9.33. The third-order valence-corrected chi connectivity index (χ3v) is 4.97. The van der Waals surface area contributed by atoms with Gasteiger partial charge in [-0.05, 0) is 79.3 Å². The molecule has 0 saturated heterocycles. The quantitative estimate of drug-likeness (QED) is 0.577. The maximum Gasteiger partial charge on any atom is 0.123 e. The molecule has 0 amide bonds. The Morgan fingerprint density at radius 3 is 1.50 bits per heavy atom. The van der Waals surface area contributed by atoms with Crippen LogP contribution in [0, 0.1) is 23.5 Å². The number of hydrogen-bond acceptors (Lipinski definition) is 2. The smallest absolute Gasteiger partial charge is 0.123 e. The summed E-state index contributed by atoms with van der Waals surface area (Å²) in [7, 11) is 0. The van der Waals surface area contributed by atoms with Crippen molar-refractivity contribution in [2.45, 2.75) is 38.5 Å². The number of unbranched alkanes of at least 4 members (excludes halogenated alkanes) is 1. The second kappa shape index (κ2) is 11.0. The van der Waals surface area contributed by atoms with Crippen LogP contribution in [0.4, 0.5) is 8.78 Å². The van der Waals surface area contributed by atoms with Crippen LogP contribution in [0.25, 0.3) is 0 Å². The third kappa shape index (κ3) is 6.85. The number of hydrogen-bond donors (Lipinski definition) is 2. The minimum absolute atomic E-state index is 0.103. The third-order valence-electron chi connectivity index (χ3n) is 4.97. The fourth-order valence-electron chi connectivity index (χ4n) is 3.54. The summed E-state index contributed by atoms with van der Waals surface area (Å²) in [5, 5.41) is 18.6. The molecule has 2 N–H and O–H groups in total. The van der Waals surface area contributed by atoms with Crippen molar-refractivity contribution in [2.75, 3.05) is 13.2 Å². The lowest BCUT2D eigenvalue weighted by Crippen LogP contribution is -2.21. The van der Waals surface area contributed by atoms with Crippen LogP contribution in [0.3, 0.4) is 0 Å². The molecule has 142 valence electrons. The van der Waals surface area contributed by atoms with E-state index in [2.05, 4.69) is 0 Å². The summed E-state index contributed by atoms with van der Waals surface area (Å²) in [4.78, 5) is 0. The van der Waals surface area contributed by atoms with E-state index in [-0.39, 0.29) is 30.8 Å². The zero-order chi connectivity index (χ0) is 18.8. The predicted molar refractivity (Wildman–Crippen MR) is 99.8 cm³/mol. The molecule has 2 atom stereocenters. The predicted octanol–water partition coefficient (Wildman–Crippen LogP) is 4.53. The first-order chi connectivity index (χ1) is 12.6. The van der Waals surface area contributed by atoms with Gasteiger partial charge in [0.1, 0.15) is 11.6 Å². The van der Waals surface area contributed by atoms with Crippen LogP contribution >= 0.6 is 0 Å². The lowest BCUT2D eigenvalue weighted by molar-refractivity contribution is 0.203. The van der Waals surface area contributed by atoms with Gasteiger partial charge in [-0.15, -0.1) is 0 Å². The molecule has 0 aliphatic carbocycles. The molecule has 26 heavy (non-hydrogen) atoms. The van der Waals surface area contributed by atoms with Gasteiger partial charge in [0.15, 0.2) is 0 Å². The van der Waals surface area contributed by atoms with E-state index in [0.29, 0.717) is 12.3 Å². The van der Waals surface area contributed by atoms with Crippen LogP contribution in [-0.2, 0) is 12.8 Å². The van der Waals surface area contributed by atoms with Crippen molar-refractivity contribution in [2.24, 2.45) is 11.8 Å². The number of aliphatic hydroxyl groups excluding tert-OH is 2. The summed E-state index contributed by atoms with van der Waals surface area (Å²) in [5.41, 5.74) is 2.12. The van der Waals surface area contributed by atoms with E-state index in [1.54, 1.807) is 12.1 Å². The van der Waals surface area contributed by atoms with E-state index >= 15 is 0 Å². The molecule has 2 nitrogen and oxygen atoms in total. The van der Waals surface area contributed by atoms with Crippen LogP contribution in [0.1, 0.15) is 36.8 Å². The van der Waals surface area contributed by atoms with Gasteiger partial charge in [0.05, 0.1) is 0 Å². The molecule has 0 aliphatic heterocycles. The van der Waals surface area contributed by atoms with Crippen molar-refractivity contribution in [3.05, 3.63) is 71.3 Å². The van der Waals surface area contributed by atoms with Crippen LogP contribution in [0.2, 0.25) is 0 Å². The molecule has 2 aromatic rings. The first-order valence-electron chi connectivity index (χ1n) is 9.33. The molecule has 0 bridgehead atoms. The fraction of sp³-hybridized carbons (Fsp3) is 0.455. The summed E-state index contributed by atoms with van der Waals surface area (Å²) in [6, 6.07) is 13.1. The van der Waals surface area contributed by atoms with E-state index in [0.717, 1.165) is 43.2 Å². The van der Waals surface area contributed by atoms with E-state index in [9.17, 15) is 13.9 Å². The van der Waals surface area contributed by atoms with E-state index in [1.807, 2.05) is 12.1 Å². The highest BCUT2D eigenvalue weighted by Crippen LogP contribution is 2.29. The van der Waals surface area contributed by atoms with Gasteiger partial charge in [0.2, 0.25) is 0 Å². The Labute approximate surface area is 154 Å². The maximum absolute atomic E-state index is 13.2. The molecular formula is C22H28F2O2. The molecule has 0 radical (unpaired) electrons. The van der Waals surface area contributed by atoms with Gasteiger partial charge in [-0.25, -0.2) is 8.78 Å². The largest absolute Gasteiger partial charge is 0.396 e. The zero-order valence-corrected chi connectivity index (χ0v) is 15.1. The van der Waals surface area contributed by atoms with Gasteiger partial charge in [-0.1, -0.05) is 30.7 Å². The fourth-order valence-corrected chi connectivity index (χ4v) is 3.54. The summed E-state index contributed by atoms with van der Waals surface area (Å²) >= 11 is 0. The maximum atomic E-state index is 13.2. The number of aliphatic hydroxyl groups is 2. The minimum Gasteiger partial charge on any atom is -0.396 e. The van der Waals surface area contributed by atoms with Crippen molar-refractivity contribution in [1.29, 1.82) is 0 Å². The molecule has 2 rings (SSSR count). The number of halogens is 2. The van der Waals surface area contributed by atoms with Crippen molar-refractivity contribution < 1.29 is 19.0 Å². The van der Waals surface area contributed by atoms with E-state index in [4.69, 9.17) is 5.11 Å². The zero-order valence-electron chi connectivity index (χ0n) is 15.1. The summed E-state index contributed by atoms with van der Waals surface area (Å²) in [6.07, 6.45) is 4.84. The van der Waals surface area contributed by atoms with Crippen molar-refractivity contribution in [3.63, 3.8) is 0 Å². The average molecular weight is 362 g/mol. The van der Waals surface area contributed by atoms with Gasteiger partial charge in [0, 0.05) is 13.2 Å². The Morgan fingerprint density at radius 1 is 0.615 bits per heavy atom. The van der Waals surface area contributed by atoms with E-state index < -0.39 is 0 Å². The molecule has 2 aromatic carbocycles. The second-order valence-electron chi connectivity index (χ2n) is 6.91. The highest BCUT2D eigenvalue weighted by atomic mass is 19.1. The van der Waals surface area contributed by atoms with Gasteiger partial charge in [-0.3, -0.25) is 0 Å². The van der Waals surface area contributed by atoms with Crippen molar-refractivity contribution in [1.82, 2.24) is 0 Å². The Balaban J connectivity index is 2.13. The Hall–Kier alpha value is -1.78. The molecule has 4 heteroatoms. The highest BCUT2D eigenvalue weighted by molar-refractivity contribution is 5.19. The second-order valence-corrected chi connectivity index (χ2v) is 6.91. The van der Waals surface area contributed by atoms with Crippen LogP contribution in [0.5, 0.6) is 0 Å². The SMILES string of the molecule is OCCCC[C@H](Cc1ccc(F)cc1)[C@H](CCO)Cc1ccc(F)cc1. The Morgan fingerprint density at radius 2 is 1.08 bits per heavy atom. The molecule has 0 unspecified atom stereocenters. The Kier molecular flexibility index (Phi) is 8.72. The minimum atomic E-state index is -0.252. The monoisotopic (exact) mass is 362 g/mol. The molecule has 0 fully saturated rings. The molecule has 0 aliphatic rings. The molecule has 0 heterocycles. The molecule has 0 saturated carbocycles. The summed E-state index contributed by atoms with van der Waals surface area (Å²) in [6.45, 7) is 0.275. The van der Waals surface area contributed by atoms with Crippen LogP contribution < -0.4 is 0 Å². The normalized spacial score (nSPS) is 13.5. The topological polar surface area (TPSA) is 40.5 Å². The molecule has 0 aromatic heterocycles. The highest BCUT2D eigenvalue weighted by Gasteiger charge is 2.22. The van der Waals surface area contributed by atoms with Gasteiger partial charge < -0.3 is 10.2 Å². The average Bonchev–Trinajstić information content (AvgIpc) is 2.64. The standard InChI is InChI=1S/C22H28F2O2/c23-21-8-4-17(5-9-21)15-19(3-1-2-13-25)20(12-14-26)16-18-6-10-22(24)11-7-18/h4-11,19-20,25-26H,1-3,12-16H2/t19-,20-/m1/s1. The first kappa shape index (κ1) is 20.5. The van der Waals surface area contributed by atoms with Gasteiger partial charge in [0.25, 0.3) is 0 Å². The van der Waals surface area contributed by atoms with Crippen LogP contribution in [-0.4, -0.2) is 23.4 Å². The van der Waals surface area contributed by atoms with E-state index in [1.165, 1.54) is 24.3 Å². The summed E-state index contributed by atoms with van der Waals surface area (Å²) in [5.74, 6) is 0.0560. The Bertz CT molecular complexity index is 626. The van der Waals surface area contributed by atoms with Crippen molar-refractivity contribution in [3.8, 4) is 0 Å². The lowest BCUT2D eigenvalue weighted by atomic mass is 9.78. The van der Waals surface area contributed by atoms with Crippen molar-refractivity contribution >= 4 is 0 Å².